The summed E-state index contributed by atoms with van der Waals surface area (Å²) in [6, 6.07) is 3.50. The number of hydrogen-bond donors (Lipinski definition) is 2. The Bertz CT molecular complexity index is 329. The summed E-state index contributed by atoms with van der Waals surface area (Å²) in [4.78, 5) is 4.31. The van der Waals surface area contributed by atoms with Gasteiger partial charge in [0, 0.05) is 12.0 Å². The van der Waals surface area contributed by atoms with Gasteiger partial charge in [-0.05, 0) is 12.5 Å². The van der Waals surface area contributed by atoms with E-state index in [1.54, 1.807) is 19.2 Å². The van der Waals surface area contributed by atoms with Crippen molar-refractivity contribution in [3.8, 4) is 5.88 Å². The van der Waals surface area contributed by atoms with E-state index in [4.69, 9.17) is 10.5 Å². The molecule has 1 aromatic heterocycles. The maximum absolute atomic E-state index is 9.36. The summed E-state index contributed by atoms with van der Waals surface area (Å²) in [5, 5.41) is 9.36. The second-order valence-corrected chi connectivity index (χ2v) is 3.85. The number of nitrogen functional groups attached to an aromatic ring is 1. The molecule has 1 atom stereocenters. The lowest BCUT2D eigenvalue weighted by atomic mass is 9.98. The third kappa shape index (κ3) is 3.10. The van der Waals surface area contributed by atoms with E-state index in [0.29, 0.717) is 11.6 Å². The van der Waals surface area contributed by atoms with Gasteiger partial charge < -0.3 is 15.6 Å². The van der Waals surface area contributed by atoms with Crippen molar-refractivity contribution in [3.05, 3.63) is 17.8 Å². The molecule has 0 aromatic carbocycles. The van der Waals surface area contributed by atoms with E-state index in [1.807, 2.05) is 0 Å². The van der Waals surface area contributed by atoms with Crippen molar-refractivity contribution in [2.45, 2.75) is 32.1 Å². The van der Waals surface area contributed by atoms with E-state index in [1.165, 1.54) is 0 Å². The molecule has 4 heteroatoms. The van der Waals surface area contributed by atoms with Crippen LogP contribution in [0.15, 0.2) is 12.1 Å². The van der Waals surface area contributed by atoms with Gasteiger partial charge in [-0.15, -0.1) is 0 Å². The highest BCUT2D eigenvalue weighted by molar-refractivity contribution is 5.46. The molecule has 4 nitrogen and oxygen atoms in total. The van der Waals surface area contributed by atoms with E-state index in [2.05, 4.69) is 11.9 Å². The van der Waals surface area contributed by atoms with Crippen LogP contribution in [-0.4, -0.2) is 23.8 Å². The first-order valence-corrected chi connectivity index (χ1v) is 5.64. The molecular weight excluding hydrogens is 204 g/mol. The van der Waals surface area contributed by atoms with Crippen molar-refractivity contribution >= 4 is 5.69 Å². The molecular formula is C12H20N2O2. The van der Waals surface area contributed by atoms with Gasteiger partial charge in [0.05, 0.1) is 25.1 Å². The van der Waals surface area contributed by atoms with Crippen molar-refractivity contribution in [2.24, 2.45) is 0 Å². The number of hydrogen-bond acceptors (Lipinski definition) is 4. The number of nitrogens with zero attached hydrogens (tertiary/aromatic N) is 1. The Morgan fingerprint density at radius 1 is 1.50 bits per heavy atom. The molecule has 0 amide bonds. The minimum Gasteiger partial charge on any atom is -0.481 e. The number of methoxy groups -OCH3 is 1. The monoisotopic (exact) mass is 224 g/mol. The standard InChI is InChI=1S/C12H20N2O2/c1-3-4-5-9(8-15)12-10(13)6-7-11(14-12)16-2/h6-7,9,15H,3-5,8,13H2,1-2H3. The Morgan fingerprint density at radius 3 is 2.81 bits per heavy atom. The van der Waals surface area contributed by atoms with Crippen LogP contribution in [0.1, 0.15) is 37.8 Å². The van der Waals surface area contributed by atoms with Crippen LogP contribution in [-0.2, 0) is 0 Å². The second kappa shape index (κ2) is 6.33. The molecule has 0 bridgehead atoms. The molecule has 0 radical (unpaired) electrons. The fourth-order valence-corrected chi connectivity index (χ4v) is 1.67. The number of ether oxygens (including phenoxy) is 1. The first-order valence-electron chi connectivity index (χ1n) is 5.64. The fourth-order valence-electron chi connectivity index (χ4n) is 1.67. The Labute approximate surface area is 96.5 Å². The first-order chi connectivity index (χ1) is 7.72. The van der Waals surface area contributed by atoms with Gasteiger partial charge in [-0.3, -0.25) is 0 Å². The Kier molecular flexibility index (Phi) is 5.05. The van der Waals surface area contributed by atoms with Gasteiger partial charge in [0.25, 0.3) is 0 Å². The minimum absolute atomic E-state index is 0.00931. The van der Waals surface area contributed by atoms with Crippen LogP contribution in [0.4, 0.5) is 5.69 Å². The van der Waals surface area contributed by atoms with E-state index < -0.39 is 0 Å². The van der Waals surface area contributed by atoms with Crippen LogP contribution in [0.3, 0.4) is 0 Å². The van der Waals surface area contributed by atoms with Crippen molar-refractivity contribution in [3.63, 3.8) is 0 Å². The summed E-state index contributed by atoms with van der Waals surface area (Å²) in [6.07, 6.45) is 3.06. The summed E-state index contributed by atoms with van der Waals surface area (Å²) in [7, 11) is 1.57. The summed E-state index contributed by atoms with van der Waals surface area (Å²) in [6.45, 7) is 2.20. The summed E-state index contributed by atoms with van der Waals surface area (Å²) < 4.78 is 5.06. The highest BCUT2D eigenvalue weighted by Gasteiger charge is 2.15. The fraction of sp³-hybridized carbons (Fsp3) is 0.583. The van der Waals surface area contributed by atoms with E-state index in [-0.39, 0.29) is 12.5 Å². The van der Waals surface area contributed by atoms with Crippen LogP contribution in [0.2, 0.25) is 0 Å². The van der Waals surface area contributed by atoms with Gasteiger partial charge in [0.1, 0.15) is 0 Å². The number of aliphatic hydroxyl groups excluding tert-OH is 1. The van der Waals surface area contributed by atoms with Crippen LogP contribution in [0, 0.1) is 0 Å². The van der Waals surface area contributed by atoms with E-state index >= 15 is 0 Å². The molecule has 3 N–H and O–H groups in total. The molecule has 1 unspecified atom stereocenters. The molecule has 0 aliphatic heterocycles. The zero-order valence-electron chi connectivity index (χ0n) is 9.94. The molecule has 0 fully saturated rings. The molecule has 0 aliphatic rings. The zero-order chi connectivity index (χ0) is 12.0. The molecule has 1 heterocycles. The van der Waals surface area contributed by atoms with Gasteiger partial charge in [0.15, 0.2) is 0 Å². The zero-order valence-corrected chi connectivity index (χ0v) is 9.94. The molecule has 1 aromatic rings. The average Bonchev–Trinajstić information content (AvgIpc) is 2.32. The maximum atomic E-state index is 9.36. The molecule has 0 spiro atoms. The van der Waals surface area contributed by atoms with Gasteiger partial charge in [0.2, 0.25) is 5.88 Å². The van der Waals surface area contributed by atoms with Gasteiger partial charge in [-0.25, -0.2) is 4.98 Å². The van der Waals surface area contributed by atoms with Crippen LogP contribution < -0.4 is 10.5 Å². The summed E-state index contributed by atoms with van der Waals surface area (Å²) >= 11 is 0. The van der Waals surface area contributed by atoms with E-state index in [0.717, 1.165) is 25.0 Å². The number of pyridine rings is 1. The van der Waals surface area contributed by atoms with Gasteiger partial charge >= 0.3 is 0 Å². The molecule has 0 aliphatic carbocycles. The van der Waals surface area contributed by atoms with Crippen molar-refractivity contribution in [1.82, 2.24) is 4.98 Å². The number of rotatable bonds is 6. The number of unbranched alkanes of at least 4 members (excludes halogenated alkanes) is 1. The second-order valence-electron chi connectivity index (χ2n) is 3.85. The third-order valence-electron chi connectivity index (χ3n) is 2.65. The lowest BCUT2D eigenvalue weighted by Gasteiger charge is -2.15. The van der Waals surface area contributed by atoms with Crippen LogP contribution >= 0.6 is 0 Å². The minimum atomic E-state index is 0.00931. The quantitative estimate of drug-likeness (QED) is 0.774. The average molecular weight is 224 g/mol. The van der Waals surface area contributed by atoms with Crippen molar-refractivity contribution in [2.75, 3.05) is 19.5 Å². The molecule has 16 heavy (non-hydrogen) atoms. The van der Waals surface area contributed by atoms with Gasteiger partial charge in [-0.1, -0.05) is 19.8 Å². The Balaban J connectivity index is 2.89. The highest BCUT2D eigenvalue weighted by Crippen LogP contribution is 2.26. The number of aromatic nitrogens is 1. The SMILES string of the molecule is CCCCC(CO)c1nc(OC)ccc1N. The number of anilines is 1. The number of aliphatic hydroxyl groups is 1. The predicted octanol–water partition coefficient (Wildman–Crippen LogP) is 1.94. The molecule has 1 rings (SSSR count). The van der Waals surface area contributed by atoms with Crippen LogP contribution in [0.5, 0.6) is 5.88 Å². The lowest BCUT2D eigenvalue weighted by molar-refractivity contribution is 0.254. The molecule has 90 valence electrons. The summed E-state index contributed by atoms with van der Waals surface area (Å²) in [5.74, 6) is 0.550. The third-order valence-corrected chi connectivity index (χ3v) is 2.65. The highest BCUT2D eigenvalue weighted by atomic mass is 16.5. The smallest absolute Gasteiger partial charge is 0.213 e. The number of nitrogens with two attached hydrogens (primary N) is 1. The van der Waals surface area contributed by atoms with Crippen LogP contribution in [0.25, 0.3) is 0 Å². The maximum Gasteiger partial charge on any atom is 0.213 e. The Morgan fingerprint density at radius 2 is 2.25 bits per heavy atom. The molecule has 0 saturated heterocycles. The van der Waals surface area contributed by atoms with Gasteiger partial charge in [-0.2, -0.15) is 0 Å². The Hall–Kier alpha value is -1.29. The molecule has 0 saturated carbocycles. The lowest BCUT2D eigenvalue weighted by Crippen LogP contribution is -2.10. The predicted molar refractivity (Wildman–Crippen MR) is 64.6 cm³/mol. The first kappa shape index (κ1) is 12.8. The largest absolute Gasteiger partial charge is 0.481 e. The van der Waals surface area contributed by atoms with Crippen molar-refractivity contribution < 1.29 is 9.84 Å². The topological polar surface area (TPSA) is 68.4 Å². The van der Waals surface area contributed by atoms with E-state index in [9.17, 15) is 5.11 Å². The van der Waals surface area contributed by atoms with Crippen molar-refractivity contribution in [1.29, 1.82) is 0 Å². The normalized spacial score (nSPS) is 12.4. The summed E-state index contributed by atoms with van der Waals surface area (Å²) in [5.41, 5.74) is 7.23.